The molecule has 0 aliphatic heterocycles. The van der Waals surface area contributed by atoms with Crippen molar-refractivity contribution in [2.45, 2.75) is 6.92 Å². The van der Waals surface area contributed by atoms with Crippen molar-refractivity contribution in [2.75, 3.05) is 17.5 Å². The van der Waals surface area contributed by atoms with Gasteiger partial charge in [-0.05, 0) is 53.2 Å². The van der Waals surface area contributed by atoms with Gasteiger partial charge in [0, 0.05) is 28.5 Å². The lowest BCUT2D eigenvalue weighted by Gasteiger charge is -2.08. The van der Waals surface area contributed by atoms with Crippen LogP contribution in [0.5, 0.6) is 0 Å². The highest BCUT2D eigenvalue weighted by molar-refractivity contribution is 9.10. The van der Waals surface area contributed by atoms with Gasteiger partial charge in [0.25, 0.3) is 5.91 Å². The van der Waals surface area contributed by atoms with Crippen LogP contribution in [0.15, 0.2) is 45.3 Å². The number of sulfonamides is 1. The lowest BCUT2D eigenvalue weighted by Crippen LogP contribution is -2.18. The Bertz CT molecular complexity index is 1210. The Hall–Kier alpha value is -2.83. The Morgan fingerprint density at radius 2 is 1.93 bits per heavy atom. The van der Waals surface area contributed by atoms with E-state index in [0.29, 0.717) is 43.6 Å². The molecule has 7 nitrogen and oxygen atoms in total. The minimum atomic E-state index is -3.48. The summed E-state index contributed by atoms with van der Waals surface area (Å²) in [6, 6.07) is 11.9. The predicted octanol–water partition coefficient (Wildman–Crippen LogP) is 3.86. The van der Waals surface area contributed by atoms with E-state index in [2.05, 4.69) is 26.0 Å². The first-order chi connectivity index (χ1) is 13.3. The summed E-state index contributed by atoms with van der Waals surface area (Å²) in [5.41, 5.74) is 2.11. The van der Waals surface area contributed by atoms with E-state index in [0.717, 1.165) is 0 Å². The van der Waals surface area contributed by atoms with Crippen LogP contribution in [-0.2, 0) is 10.0 Å². The summed E-state index contributed by atoms with van der Waals surface area (Å²) in [5, 5.41) is 12.1. The van der Waals surface area contributed by atoms with Crippen molar-refractivity contribution in [3.05, 3.63) is 52.0 Å². The average Bonchev–Trinajstić information content (AvgIpc) is 3.05. The van der Waals surface area contributed by atoms with E-state index in [1.54, 1.807) is 30.3 Å². The fourth-order valence-electron chi connectivity index (χ4n) is 2.68. The molecule has 0 bridgehead atoms. The second-order valence-electron chi connectivity index (χ2n) is 5.91. The van der Waals surface area contributed by atoms with Gasteiger partial charge in [-0.3, -0.25) is 9.52 Å². The largest absolute Gasteiger partial charge is 0.455 e. The standard InChI is InChI=1S/C19H16BrN3O4S/c1-3-28(25,26)23-15-9-16-13(8-14(15)20)17(19(24)22-2)18(27-16)12-6-4-11(10-21)5-7-12/h4-9,23H,3H2,1-2H3,(H,22,24). The summed E-state index contributed by atoms with van der Waals surface area (Å²) >= 11 is 3.35. The van der Waals surface area contributed by atoms with E-state index in [1.807, 2.05) is 6.07 Å². The maximum absolute atomic E-state index is 12.5. The van der Waals surface area contributed by atoms with Gasteiger partial charge in [-0.2, -0.15) is 5.26 Å². The third kappa shape index (κ3) is 3.74. The van der Waals surface area contributed by atoms with Crippen LogP contribution in [0.1, 0.15) is 22.8 Å². The number of rotatable bonds is 5. The smallest absolute Gasteiger partial charge is 0.255 e. The van der Waals surface area contributed by atoms with E-state index in [-0.39, 0.29) is 11.7 Å². The van der Waals surface area contributed by atoms with Crippen molar-refractivity contribution in [3.63, 3.8) is 0 Å². The maximum Gasteiger partial charge on any atom is 0.255 e. The van der Waals surface area contributed by atoms with Gasteiger partial charge in [-0.15, -0.1) is 0 Å². The molecule has 0 spiro atoms. The summed E-state index contributed by atoms with van der Waals surface area (Å²) < 4.78 is 32.7. The zero-order valence-corrected chi connectivity index (χ0v) is 17.4. The minimum absolute atomic E-state index is 0.0738. The third-order valence-electron chi connectivity index (χ3n) is 4.15. The van der Waals surface area contributed by atoms with Gasteiger partial charge in [0.05, 0.1) is 28.6 Å². The molecule has 2 N–H and O–H groups in total. The number of anilines is 1. The highest BCUT2D eigenvalue weighted by Crippen LogP contribution is 2.38. The van der Waals surface area contributed by atoms with Gasteiger partial charge in [0.15, 0.2) is 0 Å². The summed E-state index contributed by atoms with van der Waals surface area (Å²) in [7, 11) is -1.96. The molecule has 0 unspecified atom stereocenters. The molecule has 9 heteroatoms. The Labute approximate surface area is 170 Å². The van der Waals surface area contributed by atoms with Crippen molar-refractivity contribution in [1.29, 1.82) is 5.26 Å². The average molecular weight is 462 g/mol. The number of halogens is 1. The number of amides is 1. The Morgan fingerprint density at radius 1 is 1.25 bits per heavy atom. The lowest BCUT2D eigenvalue weighted by atomic mass is 10.0. The van der Waals surface area contributed by atoms with Gasteiger partial charge >= 0.3 is 0 Å². The highest BCUT2D eigenvalue weighted by atomic mass is 79.9. The van der Waals surface area contributed by atoms with Crippen LogP contribution in [0, 0.1) is 11.3 Å². The Kier molecular flexibility index (Phi) is 5.45. The molecule has 144 valence electrons. The van der Waals surface area contributed by atoms with E-state index < -0.39 is 10.0 Å². The van der Waals surface area contributed by atoms with Crippen LogP contribution in [-0.4, -0.2) is 27.1 Å². The maximum atomic E-state index is 12.5. The van der Waals surface area contributed by atoms with Gasteiger partial charge in [-0.1, -0.05) is 0 Å². The summed E-state index contributed by atoms with van der Waals surface area (Å²) in [4.78, 5) is 12.5. The molecular formula is C19H16BrN3O4S. The molecule has 0 aliphatic rings. The van der Waals surface area contributed by atoms with Crippen molar-refractivity contribution >= 4 is 48.5 Å². The molecule has 0 aliphatic carbocycles. The summed E-state index contributed by atoms with van der Waals surface area (Å²) in [6.07, 6.45) is 0. The lowest BCUT2D eigenvalue weighted by molar-refractivity contribution is 0.0964. The predicted molar refractivity (Wildman–Crippen MR) is 111 cm³/mol. The number of fused-ring (bicyclic) bond motifs is 1. The van der Waals surface area contributed by atoms with E-state index in [9.17, 15) is 13.2 Å². The Balaban J connectivity index is 2.23. The molecule has 0 atom stereocenters. The monoisotopic (exact) mass is 461 g/mol. The number of hydrogen-bond acceptors (Lipinski definition) is 5. The first-order valence-corrected chi connectivity index (χ1v) is 10.7. The molecule has 3 rings (SSSR count). The van der Waals surface area contributed by atoms with Gasteiger partial charge in [0.2, 0.25) is 10.0 Å². The molecular weight excluding hydrogens is 446 g/mol. The number of benzene rings is 2. The highest BCUT2D eigenvalue weighted by Gasteiger charge is 2.23. The zero-order chi connectivity index (χ0) is 20.5. The molecule has 2 aromatic carbocycles. The number of furan rings is 1. The first kappa shape index (κ1) is 19.9. The van der Waals surface area contributed by atoms with Crippen LogP contribution in [0.3, 0.4) is 0 Å². The van der Waals surface area contributed by atoms with Crippen LogP contribution >= 0.6 is 15.9 Å². The molecule has 1 heterocycles. The van der Waals surface area contributed by atoms with Crippen LogP contribution in [0.2, 0.25) is 0 Å². The van der Waals surface area contributed by atoms with Crippen molar-refractivity contribution in [3.8, 4) is 17.4 Å². The number of nitrogens with zero attached hydrogens (tertiary/aromatic N) is 1. The van der Waals surface area contributed by atoms with Gasteiger partial charge in [0.1, 0.15) is 11.3 Å². The van der Waals surface area contributed by atoms with Gasteiger partial charge < -0.3 is 9.73 Å². The van der Waals surface area contributed by atoms with E-state index in [1.165, 1.54) is 20.0 Å². The fraction of sp³-hybridized carbons (Fsp3) is 0.158. The normalized spacial score (nSPS) is 11.2. The van der Waals surface area contributed by atoms with Crippen LogP contribution in [0.4, 0.5) is 5.69 Å². The number of carbonyl (C=O) groups is 1. The second kappa shape index (κ2) is 7.66. The van der Waals surface area contributed by atoms with E-state index in [4.69, 9.17) is 9.68 Å². The van der Waals surface area contributed by atoms with Crippen molar-refractivity contribution in [1.82, 2.24) is 5.32 Å². The minimum Gasteiger partial charge on any atom is -0.455 e. The number of nitrogens with one attached hydrogen (secondary N) is 2. The molecule has 28 heavy (non-hydrogen) atoms. The number of nitriles is 1. The van der Waals surface area contributed by atoms with Crippen LogP contribution in [0.25, 0.3) is 22.3 Å². The molecule has 1 aromatic heterocycles. The number of hydrogen-bond donors (Lipinski definition) is 2. The molecule has 0 saturated carbocycles. The molecule has 0 radical (unpaired) electrons. The topological polar surface area (TPSA) is 112 Å². The fourth-order valence-corrected chi connectivity index (χ4v) is 3.91. The summed E-state index contributed by atoms with van der Waals surface area (Å²) in [6.45, 7) is 1.54. The third-order valence-corrected chi connectivity index (χ3v) is 6.10. The Morgan fingerprint density at radius 3 is 2.50 bits per heavy atom. The second-order valence-corrected chi connectivity index (χ2v) is 8.77. The molecule has 0 saturated heterocycles. The zero-order valence-electron chi connectivity index (χ0n) is 15.0. The first-order valence-electron chi connectivity index (χ1n) is 8.28. The molecule has 0 fully saturated rings. The van der Waals surface area contributed by atoms with Crippen molar-refractivity contribution in [2.24, 2.45) is 0 Å². The number of carbonyl (C=O) groups excluding carboxylic acids is 1. The molecule has 1 amide bonds. The summed E-state index contributed by atoms with van der Waals surface area (Å²) in [5.74, 6) is -0.0802. The van der Waals surface area contributed by atoms with Gasteiger partial charge in [-0.25, -0.2) is 8.42 Å². The molecule has 3 aromatic rings. The SMILES string of the molecule is CCS(=O)(=O)Nc1cc2oc(-c3ccc(C#N)cc3)c(C(=O)NC)c2cc1Br. The van der Waals surface area contributed by atoms with Crippen LogP contribution < -0.4 is 10.0 Å². The quantitative estimate of drug-likeness (QED) is 0.598. The van der Waals surface area contributed by atoms with Crippen molar-refractivity contribution < 1.29 is 17.6 Å². The van der Waals surface area contributed by atoms with E-state index >= 15 is 0 Å².